The van der Waals surface area contributed by atoms with Crippen molar-refractivity contribution in [1.29, 1.82) is 0 Å². The van der Waals surface area contributed by atoms with Crippen molar-refractivity contribution in [2.24, 2.45) is 0 Å². The number of halogens is 1. The number of ether oxygens (including phenoxy) is 2. The van der Waals surface area contributed by atoms with Crippen LogP contribution in [-0.2, 0) is 9.47 Å². The summed E-state index contributed by atoms with van der Waals surface area (Å²) in [5.74, 6) is -2.30. The third-order valence-electron chi connectivity index (χ3n) is 3.90. The summed E-state index contributed by atoms with van der Waals surface area (Å²) in [4.78, 5) is 37.4. The Bertz CT molecular complexity index is 869. The summed E-state index contributed by atoms with van der Waals surface area (Å²) in [5.41, 5.74) is -0.941. The van der Waals surface area contributed by atoms with Crippen LogP contribution in [0.1, 0.15) is 46.0 Å². The predicted molar refractivity (Wildman–Crippen MR) is 93.4 cm³/mol. The van der Waals surface area contributed by atoms with Crippen LogP contribution in [0.2, 0.25) is 0 Å². The molecule has 0 N–H and O–H groups in total. The first kappa shape index (κ1) is 19.4. The van der Waals surface area contributed by atoms with Crippen molar-refractivity contribution in [2.75, 3.05) is 13.2 Å². The molecule has 2 aromatic rings. The Labute approximate surface area is 150 Å². The summed E-state index contributed by atoms with van der Waals surface area (Å²) in [5, 5.41) is 0. The van der Waals surface area contributed by atoms with E-state index in [1.165, 1.54) is 36.6 Å². The zero-order chi connectivity index (χ0) is 19.4. The molecule has 0 aliphatic carbocycles. The van der Waals surface area contributed by atoms with Gasteiger partial charge in [-0.1, -0.05) is 12.1 Å². The smallest absolute Gasteiger partial charge is 0.343 e. The van der Waals surface area contributed by atoms with Crippen molar-refractivity contribution in [3.8, 4) is 5.69 Å². The van der Waals surface area contributed by atoms with Crippen LogP contribution in [0.25, 0.3) is 5.69 Å². The summed E-state index contributed by atoms with van der Waals surface area (Å²) in [6.07, 6.45) is 0. The van der Waals surface area contributed by atoms with Crippen molar-refractivity contribution in [2.45, 2.75) is 27.7 Å². The van der Waals surface area contributed by atoms with Crippen LogP contribution < -0.4 is 5.43 Å². The molecule has 0 aliphatic rings. The Morgan fingerprint density at radius 1 is 0.962 bits per heavy atom. The first-order valence-electron chi connectivity index (χ1n) is 8.20. The largest absolute Gasteiger partial charge is 0.462 e. The lowest BCUT2D eigenvalue weighted by atomic mass is 10.0. The summed E-state index contributed by atoms with van der Waals surface area (Å²) >= 11 is 0. The number of aromatic nitrogens is 1. The van der Waals surface area contributed by atoms with Gasteiger partial charge in [0.25, 0.3) is 0 Å². The average Bonchev–Trinajstić information content (AvgIpc) is 2.57. The monoisotopic (exact) mass is 361 g/mol. The molecule has 0 saturated heterocycles. The molecule has 6 nitrogen and oxygen atoms in total. The van der Waals surface area contributed by atoms with Crippen LogP contribution in [0.15, 0.2) is 29.1 Å². The molecule has 0 aliphatic heterocycles. The molecule has 26 heavy (non-hydrogen) atoms. The van der Waals surface area contributed by atoms with Gasteiger partial charge in [0.15, 0.2) is 0 Å². The lowest BCUT2D eigenvalue weighted by Crippen LogP contribution is -2.31. The van der Waals surface area contributed by atoms with Crippen molar-refractivity contribution in [3.63, 3.8) is 0 Å². The molecule has 1 heterocycles. The maximum Gasteiger partial charge on any atom is 0.343 e. The molecule has 0 fully saturated rings. The van der Waals surface area contributed by atoms with E-state index < -0.39 is 23.2 Å². The second-order valence-electron chi connectivity index (χ2n) is 5.48. The highest BCUT2D eigenvalue weighted by Crippen LogP contribution is 2.22. The number of rotatable bonds is 5. The maximum absolute atomic E-state index is 14.4. The van der Waals surface area contributed by atoms with Crippen molar-refractivity contribution in [1.82, 2.24) is 4.57 Å². The molecule has 0 atom stereocenters. The summed E-state index contributed by atoms with van der Waals surface area (Å²) < 4.78 is 25.6. The fraction of sp³-hybridized carbons (Fsp3) is 0.316. The molecule has 1 aromatic heterocycles. The third kappa shape index (κ3) is 3.37. The number of hydrogen-bond acceptors (Lipinski definition) is 5. The fourth-order valence-electron chi connectivity index (χ4n) is 2.81. The number of esters is 2. The van der Waals surface area contributed by atoms with Crippen LogP contribution in [0, 0.1) is 19.7 Å². The van der Waals surface area contributed by atoms with Gasteiger partial charge in [-0.05, 0) is 39.8 Å². The predicted octanol–water partition coefficient (Wildman–Crippen LogP) is 2.95. The third-order valence-corrected chi connectivity index (χ3v) is 3.90. The minimum atomic E-state index is -0.870. The van der Waals surface area contributed by atoms with Gasteiger partial charge in [0.05, 0.1) is 18.9 Å². The molecule has 138 valence electrons. The maximum atomic E-state index is 14.4. The van der Waals surface area contributed by atoms with Gasteiger partial charge in [0.2, 0.25) is 5.43 Å². The number of nitrogens with zero attached hydrogens (tertiary/aromatic N) is 1. The van der Waals surface area contributed by atoms with Crippen molar-refractivity contribution in [3.05, 3.63) is 62.8 Å². The van der Waals surface area contributed by atoms with Crippen LogP contribution in [0.3, 0.4) is 0 Å². The van der Waals surface area contributed by atoms with E-state index in [-0.39, 0.29) is 41.4 Å². The van der Waals surface area contributed by atoms with Crippen LogP contribution in [0.5, 0.6) is 0 Å². The Morgan fingerprint density at radius 2 is 1.42 bits per heavy atom. The van der Waals surface area contributed by atoms with E-state index in [9.17, 15) is 18.8 Å². The van der Waals surface area contributed by atoms with Gasteiger partial charge in [0, 0.05) is 11.4 Å². The summed E-state index contributed by atoms with van der Waals surface area (Å²) in [7, 11) is 0. The molecule has 0 saturated carbocycles. The van der Waals surface area contributed by atoms with Crippen LogP contribution >= 0.6 is 0 Å². The summed E-state index contributed by atoms with van der Waals surface area (Å²) in [6.45, 7) is 6.32. The first-order valence-corrected chi connectivity index (χ1v) is 8.20. The molecule has 0 unspecified atom stereocenters. The minimum Gasteiger partial charge on any atom is -0.462 e. The molecule has 0 bridgehead atoms. The van der Waals surface area contributed by atoms with E-state index in [2.05, 4.69) is 0 Å². The fourth-order valence-corrected chi connectivity index (χ4v) is 2.81. The van der Waals surface area contributed by atoms with E-state index in [4.69, 9.17) is 9.47 Å². The number of benzene rings is 1. The standard InChI is InChI=1S/C19H20FNO5/c1-5-25-18(23)15-11(3)21(14-10-8-7-9-13(14)20)12(4)16(17(15)22)19(24)26-6-2/h7-10H,5-6H2,1-4H3. The van der Waals surface area contributed by atoms with E-state index in [0.717, 1.165) is 0 Å². The molecule has 2 rings (SSSR count). The molecular formula is C19H20FNO5. The Kier molecular flexibility index (Phi) is 5.92. The van der Waals surface area contributed by atoms with Gasteiger partial charge in [-0.25, -0.2) is 14.0 Å². The molecule has 0 amide bonds. The van der Waals surface area contributed by atoms with Gasteiger partial charge in [0.1, 0.15) is 16.9 Å². The number of carbonyl (C=O) groups excluding carboxylic acids is 2. The number of para-hydroxylation sites is 1. The number of carbonyl (C=O) groups is 2. The van der Waals surface area contributed by atoms with E-state index in [1.807, 2.05) is 0 Å². The SMILES string of the molecule is CCOC(=O)c1c(C)n(-c2ccccc2F)c(C)c(C(=O)OCC)c1=O. The lowest BCUT2D eigenvalue weighted by Gasteiger charge is -2.20. The quantitative estimate of drug-likeness (QED) is 0.766. The Balaban J connectivity index is 2.92. The van der Waals surface area contributed by atoms with Gasteiger partial charge in [-0.15, -0.1) is 0 Å². The zero-order valence-electron chi connectivity index (χ0n) is 15.1. The van der Waals surface area contributed by atoms with Gasteiger partial charge >= 0.3 is 11.9 Å². The van der Waals surface area contributed by atoms with E-state index >= 15 is 0 Å². The molecule has 7 heteroatoms. The normalized spacial score (nSPS) is 10.5. The van der Waals surface area contributed by atoms with Gasteiger partial charge in [-0.2, -0.15) is 0 Å². The lowest BCUT2D eigenvalue weighted by molar-refractivity contribution is 0.0519. The molecular weight excluding hydrogens is 341 g/mol. The van der Waals surface area contributed by atoms with Gasteiger partial charge < -0.3 is 14.0 Å². The second-order valence-corrected chi connectivity index (χ2v) is 5.48. The molecule has 1 aromatic carbocycles. The van der Waals surface area contributed by atoms with Gasteiger partial charge in [-0.3, -0.25) is 4.79 Å². The topological polar surface area (TPSA) is 74.6 Å². The van der Waals surface area contributed by atoms with Crippen molar-refractivity contribution >= 4 is 11.9 Å². The molecule has 0 spiro atoms. The van der Waals surface area contributed by atoms with Crippen LogP contribution in [0.4, 0.5) is 4.39 Å². The highest BCUT2D eigenvalue weighted by atomic mass is 19.1. The van der Waals surface area contributed by atoms with Crippen LogP contribution in [-0.4, -0.2) is 29.7 Å². The summed E-state index contributed by atoms with van der Waals surface area (Å²) in [6, 6.07) is 5.87. The average molecular weight is 361 g/mol. The second kappa shape index (κ2) is 7.95. The van der Waals surface area contributed by atoms with E-state index in [0.29, 0.717) is 0 Å². The highest BCUT2D eigenvalue weighted by molar-refractivity contribution is 5.96. The first-order chi connectivity index (χ1) is 12.3. The molecule has 0 radical (unpaired) electrons. The highest BCUT2D eigenvalue weighted by Gasteiger charge is 2.28. The Morgan fingerprint density at radius 3 is 1.85 bits per heavy atom. The zero-order valence-corrected chi connectivity index (χ0v) is 15.1. The Hall–Kier alpha value is -2.96. The minimum absolute atomic E-state index is 0.0556. The number of hydrogen-bond donors (Lipinski definition) is 0. The van der Waals surface area contributed by atoms with E-state index in [1.54, 1.807) is 19.9 Å². The van der Waals surface area contributed by atoms with Crippen molar-refractivity contribution < 1.29 is 23.5 Å². The number of pyridine rings is 1.